The molecule has 76 valence electrons. The number of alkyl halides is 2. The van der Waals surface area contributed by atoms with Crippen LogP contribution in [-0.2, 0) is 9.53 Å². The van der Waals surface area contributed by atoms with Crippen molar-refractivity contribution >= 4 is 85.6 Å². The van der Waals surface area contributed by atoms with Crippen molar-refractivity contribution in [1.82, 2.24) is 0 Å². The smallest absolute Gasteiger partial charge is 0.303 e. The summed E-state index contributed by atoms with van der Waals surface area (Å²) < 4.78 is 6.30. The summed E-state index contributed by atoms with van der Waals surface area (Å²) in [7, 11) is 0. The molecule has 0 radical (unpaired) electrons. The molecular formula is C6H5Br5O2. The van der Waals surface area contributed by atoms with Crippen molar-refractivity contribution in [3.8, 4) is 0 Å². The van der Waals surface area contributed by atoms with Gasteiger partial charge in [-0.2, -0.15) is 0 Å². The Morgan fingerprint density at radius 3 is 1.92 bits per heavy atom. The van der Waals surface area contributed by atoms with Gasteiger partial charge in [0, 0.05) is 6.92 Å². The average molecular weight is 509 g/mol. The summed E-state index contributed by atoms with van der Waals surface area (Å²) in [6.45, 7) is 1.36. The van der Waals surface area contributed by atoms with Crippen LogP contribution in [0.2, 0.25) is 0 Å². The Morgan fingerprint density at radius 2 is 1.69 bits per heavy atom. The maximum absolute atomic E-state index is 10.7. The quantitative estimate of drug-likeness (QED) is 0.418. The molecule has 0 aliphatic rings. The first-order chi connectivity index (χ1) is 5.86. The highest BCUT2D eigenvalue weighted by Gasteiger charge is 2.24. The highest BCUT2D eigenvalue weighted by molar-refractivity contribution is 9.29. The van der Waals surface area contributed by atoms with Crippen molar-refractivity contribution in [3.63, 3.8) is 0 Å². The molecule has 0 bridgehead atoms. The van der Waals surface area contributed by atoms with E-state index in [1.54, 1.807) is 0 Å². The first-order valence-corrected chi connectivity index (χ1v) is 7.23. The first kappa shape index (κ1) is 14.6. The Balaban J connectivity index is 4.62. The van der Waals surface area contributed by atoms with E-state index in [2.05, 4.69) is 79.6 Å². The molecule has 0 aromatic carbocycles. The van der Waals surface area contributed by atoms with Crippen LogP contribution in [-0.4, -0.2) is 15.8 Å². The number of esters is 1. The lowest BCUT2D eigenvalue weighted by molar-refractivity contribution is -0.143. The topological polar surface area (TPSA) is 26.3 Å². The first-order valence-electron chi connectivity index (χ1n) is 3.02. The second-order valence-corrected chi connectivity index (χ2v) is 8.68. The molecule has 0 N–H and O–H groups in total. The van der Waals surface area contributed by atoms with Gasteiger partial charge in [0.25, 0.3) is 0 Å². The highest BCUT2D eigenvalue weighted by Crippen LogP contribution is 2.33. The number of hydrogen-bond acceptors (Lipinski definition) is 2. The van der Waals surface area contributed by atoms with E-state index in [1.165, 1.54) is 6.92 Å². The monoisotopic (exact) mass is 504 g/mol. The third kappa shape index (κ3) is 5.92. The average Bonchev–Trinajstić information content (AvgIpc) is 1.97. The minimum atomic E-state index is -0.411. The number of halogens is 5. The molecule has 0 aliphatic carbocycles. The number of rotatable bonds is 3. The van der Waals surface area contributed by atoms with Gasteiger partial charge in [0.1, 0.15) is 3.74 Å². The molecule has 0 saturated carbocycles. The van der Waals surface area contributed by atoms with E-state index in [0.717, 1.165) is 0 Å². The molecule has 13 heavy (non-hydrogen) atoms. The van der Waals surface area contributed by atoms with Crippen LogP contribution < -0.4 is 0 Å². The van der Waals surface area contributed by atoms with Gasteiger partial charge in [-0.15, -0.1) is 0 Å². The molecule has 0 rings (SSSR count). The summed E-state index contributed by atoms with van der Waals surface area (Å²) in [5, 5.41) is 0. The second-order valence-electron chi connectivity index (χ2n) is 1.97. The maximum atomic E-state index is 10.7. The zero-order valence-electron chi connectivity index (χ0n) is 6.36. The van der Waals surface area contributed by atoms with E-state index >= 15 is 0 Å². The van der Waals surface area contributed by atoms with E-state index in [0.29, 0.717) is 7.87 Å². The lowest BCUT2D eigenvalue weighted by atomic mass is 10.4. The summed E-state index contributed by atoms with van der Waals surface area (Å²) >= 11 is 16.3. The van der Waals surface area contributed by atoms with Gasteiger partial charge in [-0.1, -0.05) is 31.9 Å². The molecule has 2 nitrogen and oxygen atoms in total. The predicted octanol–water partition coefficient (Wildman–Crippen LogP) is 4.39. The SMILES string of the molecule is CC(=O)OC(C(Br)=C(Br)Br)C(Br)Br. The summed E-state index contributed by atoms with van der Waals surface area (Å²) in [5.74, 6) is -0.341. The fourth-order valence-corrected chi connectivity index (χ4v) is 2.76. The van der Waals surface area contributed by atoms with Crippen LogP contribution in [0.1, 0.15) is 6.92 Å². The van der Waals surface area contributed by atoms with E-state index in [-0.39, 0.29) is 9.71 Å². The minimum absolute atomic E-state index is 0.150. The van der Waals surface area contributed by atoms with Crippen LogP contribution in [0, 0.1) is 0 Å². The normalized spacial score (nSPS) is 12.5. The van der Waals surface area contributed by atoms with Gasteiger partial charge in [0.15, 0.2) is 6.10 Å². The fraction of sp³-hybridized carbons (Fsp3) is 0.500. The Kier molecular flexibility index (Phi) is 7.84. The lowest BCUT2D eigenvalue weighted by Gasteiger charge is -2.18. The molecule has 0 amide bonds. The summed E-state index contributed by atoms with van der Waals surface area (Å²) in [6.07, 6.45) is -0.411. The largest absolute Gasteiger partial charge is 0.455 e. The van der Waals surface area contributed by atoms with Gasteiger partial charge < -0.3 is 4.74 Å². The molecular weight excluding hydrogens is 504 g/mol. The molecule has 1 unspecified atom stereocenters. The van der Waals surface area contributed by atoms with Crippen LogP contribution in [0.4, 0.5) is 0 Å². The van der Waals surface area contributed by atoms with Crippen LogP contribution >= 0.6 is 79.6 Å². The molecule has 0 aliphatic heterocycles. The lowest BCUT2D eigenvalue weighted by Crippen LogP contribution is -2.22. The van der Waals surface area contributed by atoms with E-state index in [9.17, 15) is 4.79 Å². The number of hydrogen-bond donors (Lipinski definition) is 0. The van der Waals surface area contributed by atoms with Gasteiger partial charge in [-0.05, 0) is 47.8 Å². The molecule has 0 fully saturated rings. The van der Waals surface area contributed by atoms with Gasteiger partial charge >= 0.3 is 5.97 Å². The fourth-order valence-electron chi connectivity index (χ4n) is 0.500. The van der Waals surface area contributed by atoms with Crippen molar-refractivity contribution in [1.29, 1.82) is 0 Å². The van der Waals surface area contributed by atoms with Gasteiger partial charge in [0.05, 0.1) is 7.87 Å². The molecule has 0 aromatic heterocycles. The number of carbonyl (C=O) groups is 1. The Hall–Kier alpha value is 1.61. The van der Waals surface area contributed by atoms with E-state index in [4.69, 9.17) is 4.74 Å². The van der Waals surface area contributed by atoms with Crippen LogP contribution in [0.15, 0.2) is 7.87 Å². The Bertz CT molecular complexity index is 221. The summed E-state index contributed by atoms with van der Waals surface area (Å²) in [5.41, 5.74) is 0. The third-order valence-electron chi connectivity index (χ3n) is 0.952. The van der Waals surface area contributed by atoms with Crippen molar-refractivity contribution in [2.45, 2.75) is 16.8 Å². The van der Waals surface area contributed by atoms with Crippen LogP contribution in [0.25, 0.3) is 0 Å². The van der Waals surface area contributed by atoms with Gasteiger partial charge in [-0.25, -0.2) is 0 Å². The minimum Gasteiger partial charge on any atom is -0.455 e. The number of ether oxygens (including phenoxy) is 1. The maximum Gasteiger partial charge on any atom is 0.303 e. The van der Waals surface area contributed by atoms with Gasteiger partial charge in [-0.3, -0.25) is 4.79 Å². The predicted molar refractivity (Wildman–Crippen MR) is 71.0 cm³/mol. The second kappa shape index (κ2) is 6.98. The highest BCUT2D eigenvalue weighted by atomic mass is 79.9. The van der Waals surface area contributed by atoms with Gasteiger partial charge in [0.2, 0.25) is 0 Å². The zero-order chi connectivity index (χ0) is 10.6. The molecule has 7 heteroatoms. The van der Waals surface area contributed by atoms with Crippen molar-refractivity contribution in [2.24, 2.45) is 0 Å². The van der Waals surface area contributed by atoms with Crippen molar-refractivity contribution in [3.05, 3.63) is 7.87 Å². The van der Waals surface area contributed by atoms with Crippen molar-refractivity contribution < 1.29 is 9.53 Å². The van der Waals surface area contributed by atoms with Crippen LogP contribution in [0.5, 0.6) is 0 Å². The van der Waals surface area contributed by atoms with E-state index < -0.39 is 6.10 Å². The molecule has 0 spiro atoms. The molecule has 1 atom stereocenters. The molecule has 0 heterocycles. The molecule has 0 saturated heterocycles. The molecule has 0 aromatic rings. The standard InChI is InChI=1S/C6H5Br5O2/c1-2(12)13-4(6(10)11)3(7)5(8)9/h4,6H,1H3. The third-order valence-corrected chi connectivity index (χ3v) is 4.68. The number of carbonyl (C=O) groups excluding carboxylic acids is 1. The summed E-state index contributed by atoms with van der Waals surface area (Å²) in [4.78, 5) is 10.7. The van der Waals surface area contributed by atoms with Crippen LogP contribution in [0.3, 0.4) is 0 Å². The Morgan fingerprint density at radius 1 is 1.23 bits per heavy atom. The zero-order valence-corrected chi connectivity index (χ0v) is 14.3. The summed E-state index contributed by atoms with van der Waals surface area (Å²) in [6, 6.07) is 0. The van der Waals surface area contributed by atoms with Crippen molar-refractivity contribution in [2.75, 3.05) is 0 Å². The Labute approximate surface area is 118 Å². The van der Waals surface area contributed by atoms with E-state index in [1.807, 2.05) is 0 Å².